The monoisotopic (exact) mass is 114 g/mol. The highest BCUT2D eigenvalue weighted by Crippen LogP contribution is 2.19. The Morgan fingerprint density at radius 3 is 2.25 bits per heavy atom. The van der Waals surface area contributed by atoms with E-state index in [9.17, 15) is 4.79 Å². The zero-order valence-electron chi connectivity index (χ0n) is 5.31. The van der Waals surface area contributed by atoms with Crippen LogP contribution >= 0.6 is 0 Å². The molecule has 0 spiro atoms. The first-order valence-corrected chi connectivity index (χ1v) is 3.31. The molecule has 0 atom stereocenters. The number of hydrogen-bond acceptors (Lipinski definition) is 1. The molecule has 46 valence electrons. The van der Waals surface area contributed by atoms with Crippen molar-refractivity contribution in [2.75, 3.05) is 0 Å². The molecule has 0 saturated heterocycles. The largest absolute Gasteiger partial charge is 0.300 e. The maximum atomic E-state index is 10.6. The van der Waals surface area contributed by atoms with Crippen LogP contribution in [0, 0.1) is 5.92 Å². The maximum Gasteiger partial charge on any atom is 0.132 e. The molecule has 1 saturated carbocycles. The summed E-state index contributed by atoms with van der Waals surface area (Å²) in [4.78, 5) is 10.6. The van der Waals surface area contributed by atoms with Crippen molar-refractivity contribution in [3.05, 3.63) is 0 Å². The highest BCUT2D eigenvalue weighted by molar-refractivity contribution is 5.78. The van der Waals surface area contributed by atoms with Gasteiger partial charge in [-0.1, -0.05) is 6.92 Å². The van der Waals surface area contributed by atoms with Crippen LogP contribution in [0.4, 0.5) is 0 Å². The van der Waals surface area contributed by atoms with Crippen LogP contribution < -0.4 is 0 Å². The Morgan fingerprint density at radius 2 is 1.88 bits per heavy atom. The van der Waals surface area contributed by atoms with Crippen molar-refractivity contribution in [3.63, 3.8) is 0 Å². The Bertz CT molecular complexity index is 86.6. The van der Waals surface area contributed by atoms with Gasteiger partial charge in [0.25, 0.3) is 0 Å². The summed E-state index contributed by atoms with van der Waals surface area (Å²) >= 11 is 0. The molecule has 1 aliphatic rings. The van der Waals surface area contributed by atoms with Gasteiger partial charge >= 0.3 is 0 Å². The summed E-state index contributed by atoms with van der Waals surface area (Å²) in [5, 5.41) is 0. The van der Waals surface area contributed by atoms with E-state index in [1.807, 2.05) is 0 Å². The fraction of sp³-hybridized carbons (Fsp3) is 0.857. The average Bonchev–Trinajstić information content (AvgIpc) is 1.77. The Labute approximate surface area is 50.1 Å². The molecule has 0 unspecified atom stereocenters. The second-order valence-corrected chi connectivity index (χ2v) is 2.72. The molecular formula is C7H12O. The van der Waals surface area contributed by atoms with Crippen LogP contribution in [0.1, 0.15) is 32.6 Å². The van der Waals surface area contributed by atoms with Gasteiger partial charge in [-0.05, 0) is 18.8 Å². The fourth-order valence-electron chi connectivity index (χ4n) is 1.08. The lowest BCUT2D eigenvalue weighted by molar-refractivity contribution is -0.120. The van der Waals surface area contributed by atoms with E-state index in [0.29, 0.717) is 5.78 Å². The lowest BCUT2D eigenvalue weighted by atomic mass is 9.90. The highest BCUT2D eigenvalue weighted by Gasteiger charge is 2.13. The molecule has 1 nitrogen and oxygen atoms in total. The summed E-state index contributed by atoms with van der Waals surface area (Å²) in [6.07, 6.45) is 3.92. The van der Waals surface area contributed by atoms with E-state index in [4.69, 9.17) is 0 Å². The number of hydrogen-bond donors (Lipinski definition) is 0. The lowest BCUT2D eigenvalue weighted by Gasteiger charge is -2.14. The molecule has 0 bridgehead atoms. The van der Waals surface area contributed by atoms with Crippen molar-refractivity contribution in [1.29, 1.82) is 0 Å². The van der Waals surface area contributed by atoms with Crippen molar-refractivity contribution in [2.24, 2.45) is 5.92 Å². The van der Waals surface area contributed by atoms with E-state index >= 15 is 0 Å². The summed E-state index contributed by atoms with van der Waals surface area (Å²) in [5.41, 5.74) is 0. The Morgan fingerprint density at radius 1 is 1.38 bits per heavy atom. The minimum absolute atomic E-state index is 0.461. The molecule has 0 aromatic carbocycles. The van der Waals surface area contributed by atoms with Gasteiger partial charge in [-0.15, -0.1) is 0 Å². The predicted molar refractivity (Wildman–Crippen MR) is 32.6 cm³/mol. The summed E-state index contributed by atoms with van der Waals surface area (Å²) in [7, 11) is 0. The van der Waals surface area contributed by atoms with Crippen LogP contribution in [0.5, 0.6) is 0 Å². The van der Waals surface area contributed by atoms with Crippen molar-refractivity contribution in [2.45, 2.75) is 32.6 Å². The minimum atomic E-state index is 0.461. The summed E-state index contributed by atoms with van der Waals surface area (Å²) in [5.74, 6) is 1.26. The normalized spacial score (nSPS) is 23.9. The first kappa shape index (κ1) is 5.80. The van der Waals surface area contributed by atoms with Gasteiger partial charge in [0.05, 0.1) is 0 Å². The molecule has 1 fully saturated rings. The van der Waals surface area contributed by atoms with Crippen LogP contribution in [0.2, 0.25) is 0 Å². The van der Waals surface area contributed by atoms with Crippen molar-refractivity contribution in [1.82, 2.24) is 0 Å². The first-order chi connectivity index (χ1) is 3.79. The molecule has 8 heavy (non-hydrogen) atoms. The van der Waals surface area contributed by atoms with Gasteiger partial charge in [0.2, 0.25) is 0 Å². The number of rotatable bonds is 0. The second-order valence-electron chi connectivity index (χ2n) is 2.72. The van der Waals surface area contributed by atoms with E-state index < -0.39 is 0 Å². The molecule has 0 amide bonds. The summed E-state index contributed by atoms with van der Waals surface area (Å²) in [6.45, 7) is 2.21. The third kappa shape index (κ3) is 1.32. The Kier molecular flexibility index (Phi) is 1.66. The van der Waals surface area contributed by atoms with Crippen molar-refractivity contribution in [3.8, 4) is 0 Å². The lowest BCUT2D eigenvalue weighted by Crippen LogP contribution is -2.10. The SMILES string of the molecule is CC1CCC(=[18O])CC1. The molecule has 0 aromatic rings. The first-order valence-electron chi connectivity index (χ1n) is 3.31. The van der Waals surface area contributed by atoms with Crippen molar-refractivity contribution >= 4 is 5.78 Å². The van der Waals surface area contributed by atoms with E-state index in [0.717, 1.165) is 31.6 Å². The molecule has 0 aromatic heterocycles. The van der Waals surface area contributed by atoms with E-state index in [1.54, 1.807) is 0 Å². The van der Waals surface area contributed by atoms with Crippen LogP contribution in [-0.2, 0) is 4.79 Å². The molecule has 1 heteroatoms. The van der Waals surface area contributed by atoms with Gasteiger partial charge in [0, 0.05) is 12.8 Å². The van der Waals surface area contributed by atoms with Gasteiger partial charge in [-0.3, -0.25) is 4.79 Å². The molecule has 0 heterocycles. The number of Topliss-reactive ketones (excluding diaryl/α,β-unsaturated/α-hetero) is 1. The van der Waals surface area contributed by atoms with Gasteiger partial charge < -0.3 is 0 Å². The summed E-state index contributed by atoms with van der Waals surface area (Å²) in [6, 6.07) is 0. The third-order valence-corrected chi connectivity index (χ3v) is 1.83. The molecule has 1 aliphatic carbocycles. The number of ketones is 1. The van der Waals surface area contributed by atoms with Gasteiger partial charge in [0.1, 0.15) is 5.78 Å². The molecule has 0 aliphatic heterocycles. The van der Waals surface area contributed by atoms with Crippen LogP contribution in [-0.4, -0.2) is 5.78 Å². The second kappa shape index (κ2) is 2.29. The Hall–Kier alpha value is -0.330. The van der Waals surface area contributed by atoms with Crippen LogP contribution in [0.15, 0.2) is 0 Å². The molecule has 0 radical (unpaired) electrons. The summed E-state index contributed by atoms with van der Waals surface area (Å²) < 4.78 is 0. The zero-order valence-corrected chi connectivity index (χ0v) is 5.31. The standard InChI is InChI=1S/C7H12O/c1-6-2-4-7(8)5-3-6/h6H,2-5H2,1H3/i8+2. The fourth-order valence-corrected chi connectivity index (χ4v) is 1.08. The van der Waals surface area contributed by atoms with Gasteiger partial charge in [0.15, 0.2) is 0 Å². The van der Waals surface area contributed by atoms with Crippen molar-refractivity contribution < 1.29 is 4.79 Å². The number of carbonyl (C=O) groups is 1. The van der Waals surface area contributed by atoms with E-state index in [1.165, 1.54) is 0 Å². The zero-order chi connectivity index (χ0) is 5.98. The topological polar surface area (TPSA) is 17.1 Å². The predicted octanol–water partition coefficient (Wildman–Crippen LogP) is 1.77. The molecule has 1 rings (SSSR count). The van der Waals surface area contributed by atoms with Gasteiger partial charge in [-0.2, -0.15) is 0 Å². The Balaban J connectivity index is 2.29. The smallest absolute Gasteiger partial charge is 0.132 e. The van der Waals surface area contributed by atoms with E-state index in [-0.39, 0.29) is 0 Å². The van der Waals surface area contributed by atoms with Gasteiger partial charge in [-0.25, -0.2) is 0 Å². The highest BCUT2D eigenvalue weighted by atomic mass is 18.1. The van der Waals surface area contributed by atoms with Crippen LogP contribution in [0.25, 0.3) is 0 Å². The molecular weight excluding hydrogens is 102 g/mol. The number of carbonyl (C=O) groups excluding carboxylic acids is 1. The minimum Gasteiger partial charge on any atom is -0.300 e. The molecule has 0 N–H and O–H groups in total. The van der Waals surface area contributed by atoms with Crippen LogP contribution in [0.3, 0.4) is 0 Å². The quantitative estimate of drug-likeness (QED) is 0.438. The maximum absolute atomic E-state index is 10.6. The third-order valence-electron chi connectivity index (χ3n) is 1.83. The van der Waals surface area contributed by atoms with E-state index in [2.05, 4.69) is 6.92 Å². The average molecular weight is 114 g/mol.